The fraction of sp³-hybridized carbons (Fsp3) is 0.526. The Kier molecular flexibility index (Phi) is 7.14. The van der Waals surface area contributed by atoms with Crippen molar-refractivity contribution in [1.29, 1.82) is 0 Å². The summed E-state index contributed by atoms with van der Waals surface area (Å²) in [7, 11) is 1.64. The Hall–Kier alpha value is -1.72. The molecule has 1 saturated heterocycles. The van der Waals surface area contributed by atoms with Crippen molar-refractivity contribution < 1.29 is 13.9 Å². The zero-order valence-corrected chi connectivity index (χ0v) is 15.7. The molecule has 6 heteroatoms. The zero-order valence-electron chi connectivity index (χ0n) is 14.9. The van der Waals surface area contributed by atoms with Gasteiger partial charge in [-0.3, -0.25) is 4.79 Å². The summed E-state index contributed by atoms with van der Waals surface area (Å²) in [5.74, 6) is 0.958. The summed E-state index contributed by atoms with van der Waals surface area (Å²) in [5.41, 5.74) is 1.72. The lowest BCUT2D eigenvalue weighted by Crippen LogP contribution is -2.47. The number of furan rings is 1. The van der Waals surface area contributed by atoms with Gasteiger partial charge >= 0.3 is 0 Å². The van der Waals surface area contributed by atoms with E-state index in [1.807, 2.05) is 18.2 Å². The van der Waals surface area contributed by atoms with Gasteiger partial charge in [0.05, 0.1) is 19.8 Å². The largest absolute Gasteiger partial charge is 0.497 e. The fourth-order valence-electron chi connectivity index (χ4n) is 3.46. The molecule has 0 saturated carbocycles. The van der Waals surface area contributed by atoms with E-state index in [2.05, 4.69) is 17.1 Å². The van der Waals surface area contributed by atoms with Gasteiger partial charge in [-0.15, -0.1) is 12.4 Å². The number of hydrogen-bond acceptors (Lipinski definition) is 4. The number of amides is 1. The summed E-state index contributed by atoms with van der Waals surface area (Å²) in [6.07, 6.45) is 5.15. The second-order valence-corrected chi connectivity index (χ2v) is 6.37. The minimum absolute atomic E-state index is 0. The molecule has 1 aromatic heterocycles. The topological polar surface area (TPSA) is 54.7 Å². The maximum Gasteiger partial charge on any atom is 0.227 e. The predicted octanol–water partition coefficient (Wildman–Crippen LogP) is 3.40. The third kappa shape index (κ3) is 4.47. The first-order valence-electron chi connectivity index (χ1n) is 8.77. The summed E-state index contributed by atoms with van der Waals surface area (Å²) in [4.78, 5) is 15.0. The molecule has 1 fully saturated rings. The molecule has 1 N–H and O–H groups in total. The van der Waals surface area contributed by atoms with Gasteiger partial charge in [0, 0.05) is 29.6 Å². The van der Waals surface area contributed by atoms with Crippen LogP contribution in [0.2, 0.25) is 0 Å². The Morgan fingerprint density at radius 2 is 2.12 bits per heavy atom. The highest BCUT2D eigenvalue weighted by Gasteiger charge is 2.25. The second kappa shape index (κ2) is 9.11. The maximum atomic E-state index is 12.9. The Balaban J connectivity index is 0.00000225. The predicted molar refractivity (Wildman–Crippen MR) is 102 cm³/mol. The molecule has 1 aliphatic rings. The number of halogens is 1. The van der Waals surface area contributed by atoms with Crippen molar-refractivity contribution in [2.45, 2.75) is 38.6 Å². The summed E-state index contributed by atoms with van der Waals surface area (Å²) < 4.78 is 10.8. The second-order valence-electron chi connectivity index (χ2n) is 6.37. The summed E-state index contributed by atoms with van der Waals surface area (Å²) in [6.45, 7) is 4.94. The average molecular weight is 367 g/mol. The minimum atomic E-state index is 0. The van der Waals surface area contributed by atoms with E-state index in [9.17, 15) is 4.79 Å². The molecular formula is C19H27ClN2O3. The first-order valence-corrected chi connectivity index (χ1v) is 8.77. The number of carbonyl (C=O) groups excluding carboxylic acids is 1. The molecule has 0 radical (unpaired) electrons. The van der Waals surface area contributed by atoms with Crippen molar-refractivity contribution >= 4 is 29.3 Å². The molecule has 3 rings (SSSR count). The van der Waals surface area contributed by atoms with Gasteiger partial charge in [-0.25, -0.2) is 0 Å². The maximum absolute atomic E-state index is 12.9. The van der Waals surface area contributed by atoms with Crippen LogP contribution in [0, 0.1) is 0 Å². The lowest BCUT2D eigenvalue weighted by atomic mass is 10.0. The van der Waals surface area contributed by atoms with Gasteiger partial charge in [0.1, 0.15) is 11.3 Å². The van der Waals surface area contributed by atoms with Crippen LogP contribution >= 0.6 is 12.4 Å². The fourth-order valence-corrected chi connectivity index (χ4v) is 3.46. The van der Waals surface area contributed by atoms with Gasteiger partial charge in [0.25, 0.3) is 0 Å². The van der Waals surface area contributed by atoms with E-state index >= 15 is 0 Å². The molecule has 0 unspecified atom stereocenters. The van der Waals surface area contributed by atoms with Crippen molar-refractivity contribution in [3.8, 4) is 5.75 Å². The summed E-state index contributed by atoms with van der Waals surface area (Å²) in [6, 6.07) is 6.09. The van der Waals surface area contributed by atoms with Crippen LogP contribution in [0.5, 0.6) is 5.75 Å². The standard InChI is InChI=1S/C19H26N2O3.ClH/c1-3-10-21(15-6-8-20-9-7-15)19(22)11-14-13-24-18-12-16(23-2)4-5-17(14)18;/h4-5,12-13,15,20H,3,6-11H2,1-2H3;1H. The van der Waals surface area contributed by atoms with Crippen LogP contribution in [-0.2, 0) is 11.2 Å². The number of benzene rings is 1. The molecule has 0 spiro atoms. The molecule has 5 nitrogen and oxygen atoms in total. The van der Waals surface area contributed by atoms with E-state index in [1.165, 1.54) is 0 Å². The van der Waals surface area contributed by atoms with Crippen LogP contribution < -0.4 is 10.1 Å². The smallest absolute Gasteiger partial charge is 0.227 e. The first-order chi connectivity index (χ1) is 11.7. The van der Waals surface area contributed by atoms with Crippen molar-refractivity contribution in [2.24, 2.45) is 0 Å². The van der Waals surface area contributed by atoms with Gasteiger partial charge in [-0.1, -0.05) is 6.92 Å². The van der Waals surface area contributed by atoms with E-state index < -0.39 is 0 Å². The van der Waals surface area contributed by atoms with Crippen LogP contribution in [0.1, 0.15) is 31.7 Å². The zero-order chi connectivity index (χ0) is 16.9. The van der Waals surface area contributed by atoms with Gasteiger partial charge < -0.3 is 19.4 Å². The highest BCUT2D eigenvalue weighted by molar-refractivity contribution is 5.88. The number of piperidine rings is 1. The minimum Gasteiger partial charge on any atom is -0.497 e. The van der Waals surface area contributed by atoms with Gasteiger partial charge in [0.2, 0.25) is 5.91 Å². The Morgan fingerprint density at radius 3 is 2.80 bits per heavy atom. The number of nitrogens with one attached hydrogen (secondary N) is 1. The number of ether oxygens (including phenoxy) is 1. The molecule has 138 valence electrons. The SMILES string of the molecule is CCCN(C(=O)Cc1coc2cc(OC)ccc12)C1CCNCC1.Cl. The van der Waals surface area contributed by atoms with Crippen molar-refractivity contribution in [2.75, 3.05) is 26.7 Å². The molecule has 0 aliphatic carbocycles. The van der Waals surface area contributed by atoms with E-state index in [4.69, 9.17) is 9.15 Å². The van der Waals surface area contributed by atoms with Crippen LogP contribution in [0.4, 0.5) is 0 Å². The van der Waals surface area contributed by atoms with Gasteiger partial charge in [-0.2, -0.15) is 0 Å². The van der Waals surface area contributed by atoms with E-state index in [1.54, 1.807) is 13.4 Å². The number of methoxy groups -OCH3 is 1. The molecular weight excluding hydrogens is 340 g/mol. The summed E-state index contributed by atoms with van der Waals surface area (Å²) >= 11 is 0. The number of hydrogen-bond donors (Lipinski definition) is 1. The number of rotatable bonds is 6. The Labute approximate surface area is 155 Å². The number of fused-ring (bicyclic) bond motifs is 1. The number of carbonyl (C=O) groups is 1. The monoisotopic (exact) mass is 366 g/mol. The number of nitrogens with zero attached hydrogens (tertiary/aromatic N) is 1. The van der Waals surface area contributed by atoms with Crippen LogP contribution in [-0.4, -0.2) is 43.6 Å². The molecule has 1 aromatic carbocycles. The molecule has 1 aliphatic heterocycles. The van der Waals surface area contributed by atoms with Crippen LogP contribution in [0.3, 0.4) is 0 Å². The summed E-state index contributed by atoms with van der Waals surface area (Å²) in [5, 5.41) is 4.36. The van der Waals surface area contributed by atoms with Crippen molar-refractivity contribution in [1.82, 2.24) is 10.2 Å². The van der Waals surface area contributed by atoms with Gasteiger partial charge in [-0.05, 0) is 44.5 Å². The van der Waals surface area contributed by atoms with Crippen molar-refractivity contribution in [3.05, 3.63) is 30.0 Å². The van der Waals surface area contributed by atoms with E-state index in [0.717, 1.165) is 61.2 Å². The van der Waals surface area contributed by atoms with Gasteiger partial charge in [0.15, 0.2) is 0 Å². The lowest BCUT2D eigenvalue weighted by molar-refractivity contribution is -0.133. The van der Waals surface area contributed by atoms with Crippen LogP contribution in [0.25, 0.3) is 11.0 Å². The highest BCUT2D eigenvalue weighted by Crippen LogP contribution is 2.26. The Morgan fingerprint density at radius 1 is 1.36 bits per heavy atom. The normalized spacial score (nSPS) is 15.0. The average Bonchev–Trinajstić information content (AvgIpc) is 3.02. The molecule has 1 amide bonds. The third-order valence-corrected chi connectivity index (χ3v) is 4.74. The molecule has 2 heterocycles. The van der Waals surface area contributed by atoms with E-state index in [0.29, 0.717) is 12.5 Å². The Bertz CT molecular complexity index is 695. The van der Waals surface area contributed by atoms with E-state index in [-0.39, 0.29) is 18.3 Å². The third-order valence-electron chi connectivity index (χ3n) is 4.74. The van der Waals surface area contributed by atoms with Crippen LogP contribution in [0.15, 0.2) is 28.9 Å². The first kappa shape index (κ1) is 19.6. The quantitative estimate of drug-likeness (QED) is 0.851. The molecule has 0 bridgehead atoms. The molecule has 2 aromatic rings. The molecule has 25 heavy (non-hydrogen) atoms. The highest BCUT2D eigenvalue weighted by atomic mass is 35.5. The molecule has 0 atom stereocenters. The lowest BCUT2D eigenvalue weighted by Gasteiger charge is -2.34. The van der Waals surface area contributed by atoms with Crippen molar-refractivity contribution in [3.63, 3.8) is 0 Å².